The Labute approximate surface area is 174 Å². The van der Waals surface area contributed by atoms with Gasteiger partial charge in [0.05, 0.1) is 12.6 Å². The van der Waals surface area contributed by atoms with Crippen molar-refractivity contribution in [2.75, 3.05) is 19.6 Å². The third-order valence-electron chi connectivity index (χ3n) is 5.45. The summed E-state index contributed by atoms with van der Waals surface area (Å²) in [6, 6.07) is 0.177. The summed E-state index contributed by atoms with van der Waals surface area (Å²) >= 11 is 0. The minimum absolute atomic E-state index is 0.0215. The van der Waals surface area contributed by atoms with E-state index in [2.05, 4.69) is 31.4 Å². The Morgan fingerprint density at radius 3 is 1.79 bits per heavy atom. The Morgan fingerprint density at radius 1 is 0.821 bits per heavy atom. The van der Waals surface area contributed by atoms with Crippen molar-refractivity contribution in [2.24, 2.45) is 5.92 Å². The summed E-state index contributed by atoms with van der Waals surface area (Å²) in [5.41, 5.74) is 0. The first-order valence-corrected chi connectivity index (χ1v) is 11.8. The number of aliphatic carboxylic acids is 1. The molecule has 0 saturated carbocycles. The fraction of sp³-hybridized carbons (Fsp3) is 0.957. The first kappa shape index (κ1) is 27.4. The van der Waals surface area contributed by atoms with Crippen molar-refractivity contribution >= 4 is 5.97 Å². The molecular formula is C23H48N2O3. The van der Waals surface area contributed by atoms with Gasteiger partial charge in [-0.15, -0.1) is 0 Å². The molecule has 0 amide bonds. The molecule has 0 saturated heterocycles. The average Bonchev–Trinajstić information content (AvgIpc) is 2.64. The molecule has 0 aliphatic carbocycles. The Hall–Kier alpha value is -0.650. The zero-order valence-corrected chi connectivity index (χ0v) is 18.8. The molecule has 0 aromatic heterocycles. The summed E-state index contributed by atoms with van der Waals surface area (Å²) in [5.74, 6) is -0.449. The fourth-order valence-corrected chi connectivity index (χ4v) is 3.49. The summed E-state index contributed by atoms with van der Waals surface area (Å²) < 4.78 is 0. The van der Waals surface area contributed by atoms with Gasteiger partial charge in [-0.05, 0) is 12.3 Å². The van der Waals surface area contributed by atoms with Crippen LogP contribution >= 0.6 is 0 Å². The predicted octanol–water partition coefficient (Wildman–Crippen LogP) is 4.73. The van der Waals surface area contributed by atoms with Gasteiger partial charge in [0, 0.05) is 19.1 Å². The van der Waals surface area contributed by atoms with E-state index in [1.165, 1.54) is 70.6 Å². The Morgan fingerprint density at radius 2 is 1.32 bits per heavy atom. The van der Waals surface area contributed by atoms with Gasteiger partial charge in [-0.3, -0.25) is 4.79 Å². The monoisotopic (exact) mass is 400 g/mol. The number of aliphatic hydroxyl groups is 1. The van der Waals surface area contributed by atoms with Crippen LogP contribution in [-0.2, 0) is 4.79 Å². The molecule has 28 heavy (non-hydrogen) atoms. The van der Waals surface area contributed by atoms with Gasteiger partial charge >= 0.3 is 5.97 Å². The molecule has 4 N–H and O–H groups in total. The van der Waals surface area contributed by atoms with Crippen LogP contribution in [0.2, 0.25) is 0 Å². The number of carboxylic acid groups (broad SMARTS) is 1. The van der Waals surface area contributed by atoms with Gasteiger partial charge in [-0.1, -0.05) is 97.8 Å². The first-order chi connectivity index (χ1) is 13.5. The Bertz CT molecular complexity index is 351. The van der Waals surface area contributed by atoms with Crippen LogP contribution in [0, 0.1) is 5.92 Å². The number of carboxylic acids is 1. The highest BCUT2D eigenvalue weighted by Gasteiger charge is 2.14. The van der Waals surface area contributed by atoms with Gasteiger partial charge in [-0.2, -0.15) is 0 Å². The molecule has 0 heterocycles. The smallest absolute Gasteiger partial charge is 0.317 e. The minimum Gasteiger partial charge on any atom is -0.480 e. The second-order valence-electron chi connectivity index (χ2n) is 8.61. The number of hydrogen-bond donors (Lipinski definition) is 4. The molecule has 0 aromatic rings. The highest BCUT2D eigenvalue weighted by Crippen LogP contribution is 2.13. The first-order valence-electron chi connectivity index (χ1n) is 11.8. The lowest BCUT2D eigenvalue weighted by Gasteiger charge is -2.24. The zero-order valence-electron chi connectivity index (χ0n) is 18.8. The van der Waals surface area contributed by atoms with Gasteiger partial charge in [0.15, 0.2) is 0 Å². The molecule has 0 aromatic carbocycles. The van der Waals surface area contributed by atoms with E-state index in [0.29, 0.717) is 19.0 Å². The Kier molecular flexibility index (Phi) is 19.2. The highest BCUT2D eigenvalue weighted by atomic mass is 16.4. The molecule has 0 radical (unpaired) electrons. The van der Waals surface area contributed by atoms with E-state index in [1.54, 1.807) is 0 Å². The van der Waals surface area contributed by atoms with Crippen LogP contribution in [0.3, 0.4) is 0 Å². The number of nitrogens with one attached hydrogen (secondary N) is 2. The molecule has 0 aliphatic rings. The van der Waals surface area contributed by atoms with Crippen LogP contribution in [0.1, 0.15) is 104 Å². The normalized spacial score (nSPS) is 13.8. The van der Waals surface area contributed by atoms with Crippen molar-refractivity contribution in [3.05, 3.63) is 0 Å². The molecule has 168 valence electrons. The van der Waals surface area contributed by atoms with Gasteiger partial charge in [0.25, 0.3) is 0 Å². The van der Waals surface area contributed by atoms with E-state index < -0.39 is 5.97 Å². The number of unbranched alkanes of at least 4 members (excludes halogenated alkanes) is 11. The second-order valence-corrected chi connectivity index (χ2v) is 8.61. The van der Waals surface area contributed by atoms with Crippen molar-refractivity contribution in [1.82, 2.24) is 10.6 Å². The number of rotatable bonds is 21. The van der Waals surface area contributed by atoms with Crippen LogP contribution in [0.25, 0.3) is 0 Å². The van der Waals surface area contributed by atoms with E-state index in [-0.39, 0.29) is 18.7 Å². The lowest BCUT2D eigenvalue weighted by Crippen LogP contribution is -2.46. The lowest BCUT2D eigenvalue weighted by molar-refractivity contribution is -0.136. The molecule has 5 nitrogen and oxygen atoms in total. The van der Waals surface area contributed by atoms with Crippen molar-refractivity contribution in [1.29, 1.82) is 0 Å². The largest absolute Gasteiger partial charge is 0.480 e. The number of aliphatic hydroxyl groups excluding tert-OH is 1. The fourth-order valence-electron chi connectivity index (χ4n) is 3.49. The molecule has 1 unspecified atom stereocenters. The predicted molar refractivity (Wildman–Crippen MR) is 119 cm³/mol. The van der Waals surface area contributed by atoms with Crippen molar-refractivity contribution in [2.45, 2.75) is 116 Å². The van der Waals surface area contributed by atoms with E-state index in [1.807, 2.05) is 0 Å². The van der Waals surface area contributed by atoms with Gasteiger partial charge in [0.2, 0.25) is 0 Å². The molecular weight excluding hydrogens is 352 g/mol. The van der Waals surface area contributed by atoms with Gasteiger partial charge in [-0.25, -0.2) is 0 Å². The van der Waals surface area contributed by atoms with Crippen molar-refractivity contribution < 1.29 is 15.0 Å². The van der Waals surface area contributed by atoms with Crippen LogP contribution < -0.4 is 10.6 Å². The second kappa shape index (κ2) is 19.7. The van der Waals surface area contributed by atoms with Crippen LogP contribution in [-0.4, -0.2) is 48.0 Å². The third kappa shape index (κ3) is 18.7. The van der Waals surface area contributed by atoms with E-state index >= 15 is 0 Å². The third-order valence-corrected chi connectivity index (χ3v) is 5.45. The minimum atomic E-state index is -0.838. The average molecular weight is 401 g/mol. The van der Waals surface area contributed by atoms with Crippen molar-refractivity contribution in [3.63, 3.8) is 0 Å². The molecule has 5 heteroatoms. The molecule has 0 aliphatic heterocycles. The lowest BCUT2D eigenvalue weighted by atomic mass is 10.0. The molecule has 0 rings (SSSR count). The van der Waals surface area contributed by atoms with Crippen LogP contribution in [0.5, 0.6) is 0 Å². The van der Waals surface area contributed by atoms with Gasteiger partial charge in [0.1, 0.15) is 0 Å². The molecule has 0 fully saturated rings. The summed E-state index contributed by atoms with van der Waals surface area (Å²) in [7, 11) is 0. The maximum absolute atomic E-state index is 10.6. The standard InChI is InChI=1S/C23H48N2O3/c1-4-5-6-7-8-9-10-11-12-13-14-15-16-21(26)17-25-22(20(2)3)18-24-19-23(27)28/h20-22,24-26H,4-19H2,1-3H3,(H,27,28)/t21-,22?/m0/s1. The summed E-state index contributed by atoms with van der Waals surface area (Å²) in [4.78, 5) is 10.6. The SMILES string of the molecule is CCCCCCCCCCCCCC[C@H](O)CNC(CNCC(=O)O)C(C)C. The quantitative estimate of drug-likeness (QED) is 0.209. The van der Waals surface area contributed by atoms with E-state index in [0.717, 1.165) is 12.8 Å². The zero-order chi connectivity index (χ0) is 21.0. The molecule has 0 bridgehead atoms. The summed E-state index contributed by atoms with van der Waals surface area (Å²) in [6.45, 7) is 7.65. The highest BCUT2D eigenvalue weighted by molar-refractivity contribution is 5.68. The Balaban J connectivity index is 3.52. The molecule has 0 spiro atoms. The maximum atomic E-state index is 10.6. The van der Waals surface area contributed by atoms with Crippen LogP contribution in [0.15, 0.2) is 0 Å². The maximum Gasteiger partial charge on any atom is 0.317 e. The molecule has 2 atom stereocenters. The number of carbonyl (C=O) groups is 1. The number of hydrogen-bond acceptors (Lipinski definition) is 4. The topological polar surface area (TPSA) is 81.6 Å². The van der Waals surface area contributed by atoms with E-state index in [4.69, 9.17) is 5.11 Å². The van der Waals surface area contributed by atoms with E-state index in [9.17, 15) is 9.90 Å². The van der Waals surface area contributed by atoms with Crippen LogP contribution in [0.4, 0.5) is 0 Å². The van der Waals surface area contributed by atoms with Crippen molar-refractivity contribution in [3.8, 4) is 0 Å². The van der Waals surface area contributed by atoms with Gasteiger partial charge < -0.3 is 20.8 Å². The summed E-state index contributed by atoms with van der Waals surface area (Å²) in [6.07, 6.45) is 16.5. The summed E-state index contributed by atoms with van der Waals surface area (Å²) in [5, 5.41) is 25.2.